The van der Waals surface area contributed by atoms with E-state index in [0.717, 1.165) is 31.6 Å². The van der Waals surface area contributed by atoms with E-state index in [4.69, 9.17) is 0 Å². The second-order valence-electron chi connectivity index (χ2n) is 4.39. The zero-order valence-corrected chi connectivity index (χ0v) is 8.71. The van der Waals surface area contributed by atoms with E-state index in [9.17, 15) is 5.11 Å². The molecule has 1 saturated carbocycles. The van der Waals surface area contributed by atoms with Gasteiger partial charge in [0.05, 0.1) is 18.0 Å². The van der Waals surface area contributed by atoms with Crippen LogP contribution in [0.4, 0.5) is 0 Å². The van der Waals surface area contributed by atoms with Crippen molar-refractivity contribution in [3.8, 4) is 0 Å². The molecule has 2 N–H and O–H groups in total. The third-order valence-corrected chi connectivity index (χ3v) is 3.21. The highest BCUT2D eigenvalue weighted by Crippen LogP contribution is 2.18. The van der Waals surface area contributed by atoms with Crippen molar-refractivity contribution in [1.29, 1.82) is 0 Å². The van der Waals surface area contributed by atoms with Gasteiger partial charge in [-0.25, -0.2) is 0 Å². The van der Waals surface area contributed by atoms with E-state index in [1.807, 2.05) is 0 Å². The molecule has 80 valence electrons. The predicted octanol–water partition coefficient (Wildman–Crippen LogP) is 1.46. The number of aliphatic hydroxyl groups is 1. The van der Waals surface area contributed by atoms with Crippen molar-refractivity contribution >= 4 is 5.84 Å². The van der Waals surface area contributed by atoms with Gasteiger partial charge in [0.15, 0.2) is 0 Å². The molecule has 0 radical (unpaired) electrons. The monoisotopic (exact) mass is 196 g/mol. The molecule has 0 bridgehead atoms. The Balaban J connectivity index is 1.87. The van der Waals surface area contributed by atoms with Gasteiger partial charge in [-0.2, -0.15) is 0 Å². The molecular weight excluding hydrogens is 176 g/mol. The molecule has 2 atom stereocenters. The number of hydrogen-bond acceptors (Lipinski definition) is 3. The van der Waals surface area contributed by atoms with Crippen LogP contribution in [0.3, 0.4) is 0 Å². The first kappa shape index (κ1) is 9.97. The average Bonchev–Trinajstić information content (AvgIpc) is 2.60. The van der Waals surface area contributed by atoms with Gasteiger partial charge in [-0.15, -0.1) is 0 Å². The Hall–Kier alpha value is -0.570. The molecule has 1 aliphatic heterocycles. The Morgan fingerprint density at radius 3 is 2.79 bits per heavy atom. The number of hydrogen-bond donors (Lipinski definition) is 2. The molecule has 0 aromatic rings. The Bertz CT molecular complexity index is 215. The Morgan fingerprint density at radius 2 is 2.00 bits per heavy atom. The van der Waals surface area contributed by atoms with Gasteiger partial charge in [0.2, 0.25) is 0 Å². The number of amidine groups is 1. The molecule has 3 heteroatoms. The fraction of sp³-hybridized carbons (Fsp3) is 0.909. The van der Waals surface area contributed by atoms with Crippen molar-refractivity contribution in [3.05, 3.63) is 0 Å². The highest BCUT2D eigenvalue weighted by molar-refractivity contribution is 5.83. The van der Waals surface area contributed by atoms with E-state index in [1.165, 1.54) is 25.7 Å². The summed E-state index contributed by atoms with van der Waals surface area (Å²) in [6, 6.07) is 0.259. The van der Waals surface area contributed by atoms with Gasteiger partial charge < -0.3 is 10.4 Å². The molecule has 0 aromatic heterocycles. The lowest BCUT2D eigenvalue weighted by atomic mass is 10.1. The molecule has 1 fully saturated rings. The summed E-state index contributed by atoms with van der Waals surface area (Å²) in [4.78, 5) is 4.39. The van der Waals surface area contributed by atoms with E-state index >= 15 is 0 Å². The molecule has 2 unspecified atom stereocenters. The summed E-state index contributed by atoms with van der Waals surface area (Å²) in [5.74, 6) is 1.12. The summed E-state index contributed by atoms with van der Waals surface area (Å²) in [6.07, 6.45) is 7.80. The first-order valence-corrected chi connectivity index (χ1v) is 5.84. The number of aliphatic hydroxyl groups excluding tert-OH is 1. The van der Waals surface area contributed by atoms with Crippen LogP contribution in [-0.4, -0.2) is 29.6 Å². The zero-order chi connectivity index (χ0) is 9.80. The molecule has 1 aliphatic carbocycles. The van der Waals surface area contributed by atoms with Gasteiger partial charge in [0.25, 0.3) is 0 Å². The van der Waals surface area contributed by atoms with Gasteiger partial charge in [-0.1, -0.05) is 19.3 Å². The number of aliphatic imine (C=N–C) groups is 1. The fourth-order valence-electron chi connectivity index (χ4n) is 2.33. The molecule has 0 aromatic carbocycles. The third-order valence-electron chi connectivity index (χ3n) is 3.21. The molecule has 14 heavy (non-hydrogen) atoms. The van der Waals surface area contributed by atoms with Crippen LogP contribution in [0, 0.1) is 0 Å². The average molecular weight is 196 g/mol. The first-order valence-electron chi connectivity index (χ1n) is 5.84. The molecule has 2 aliphatic rings. The molecule has 2 rings (SSSR count). The van der Waals surface area contributed by atoms with Gasteiger partial charge >= 0.3 is 0 Å². The number of rotatable bonds is 1. The van der Waals surface area contributed by atoms with Crippen LogP contribution in [0.5, 0.6) is 0 Å². The van der Waals surface area contributed by atoms with Gasteiger partial charge in [0.1, 0.15) is 0 Å². The molecule has 0 amide bonds. The van der Waals surface area contributed by atoms with E-state index in [-0.39, 0.29) is 12.1 Å². The highest BCUT2D eigenvalue weighted by atomic mass is 16.3. The zero-order valence-electron chi connectivity index (χ0n) is 8.71. The predicted molar refractivity (Wildman–Crippen MR) is 57.6 cm³/mol. The second kappa shape index (κ2) is 4.78. The molecule has 0 saturated heterocycles. The lowest BCUT2D eigenvalue weighted by Gasteiger charge is -2.22. The minimum absolute atomic E-state index is 0.166. The Kier molecular flexibility index (Phi) is 3.40. The van der Waals surface area contributed by atoms with Crippen molar-refractivity contribution in [1.82, 2.24) is 5.32 Å². The summed E-state index contributed by atoms with van der Waals surface area (Å²) in [6.45, 7) is 0.963. The summed E-state index contributed by atoms with van der Waals surface area (Å²) in [5.41, 5.74) is 0. The van der Waals surface area contributed by atoms with Gasteiger partial charge in [-0.05, 0) is 19.3 Å². The van der Waals surface area contributed by atoms with Crippen LogP contribution in [0.1, 0.15) is 44.9 Å². The van der Waals surface area contributed by atoms with Gasteiger partial charge in [0, 0.05) is 13.0 Å². The van der Waals surface area contributed by atoms with Crippen molar-refractivity contribution in [3.63, 3.8) is 0 Å². The van der Waals surface area contributed by atoms with E-state index in [2.05, 4.69) is 10.3 Å². The van der Waals surface area contributed by atoms with E-state index in [1.54, 1.807) is 0 Å². The van der Waals surface area contributed by atoms with Crippen molar-refractivity contribution in [2.45, 2.75) is 57.1 Å². The summed E-state index contributed by atoms with van der Waals surface area (Å²) >= 11 is 0. The summed E-state index contributed by atoms with van der Waals surface area (Å²) in [5, 5.41) is 13.3. The topological polar surface area (TPSA) is 44.6 Å². The summed E-state index contributed by atoms with van der Waals surface area (Å²) in [7, 11) is 0. The number of nitrogens with zero attached hydrogens (tertiary/aromatic N) is 1. The molecule has 0 spiro atoms. The largest absolute Gasteiger partial charge is 0.391 e. The SMILES string of the molecule is OC1CCCCCC1NC1=NCCC1. The molecule has 1 heterocycles. The lowest BCUT2D eigenvalue weighted by Crippen LogP contribution is -2.42. The minimum atomic E-state index is -0.166. The van der Waals surface area contributed by atoms with E-state index < -0.39 is 0 Å². The Labute approximate surface area is 85.6 Å². The number of nitrogens with one attached hydrogen (secondary N) is 1. The van der Waals surface area contributed by atoms with Crippen LogP contribution >= 0.6 is 0 Å². The lowest BCUT2D eigenvalue weighted by molar-refractivity contribution is 0.129. The van der Waals surface area contributed by atoms with Crippen molar-refractivity contribution in [2.24, 2.45) is 4.99 Å². The van der Waals surface area contributed by atoms with Crippen LogP contribution in [0.25, 0.3) is 0 Å². The van der Waals surface area contributed by atoms with Crippen molar-refractivity contribution < 1.29 is 5.11 Å². The first-order chi connectivity index (χ1) is 6.86. The maximum absolute atomic E-state index is 9.89. The third kappa shape index (κ3) is 2.47. The van der Waals surface area contributed by atoms with Crippen LogP contribution in [-0.2, 0) is 0 Å². The van der Waals surface area contributed by atoms with Gasteiger partial charge in [-0.3, -0.25) is 4.99 Å². The molecule has 3 nitrogen and oxygen atoms in total. The maximum Gasteiger partial charge on any atom is 0.0966 e. The standard InChI is InChI=1S/C11H20N2O/c14-10-6-3-1-2-5-9(10)13-11-7-4-8-12-11/h9-10,14H,1-8H2,(H,12,13). The maximum atomic E-state index is 9.89. The quantitative estimate of drug-likeness (QED) is 0.624. The summed E-state index contributed by atoms with van der Waals surface area (Å²) < 4.78 is 0. The van der Waals surface area contributed by atoms with Crippen LogP contribution < -0.4 is 5.32 Å². The van der Waals surface area contributed by atoms with Crippen LogP contribution in [0.2, 0.25) is 0 Å². The highest BCUT2D eigenvalue weighted by Gasteiger charge is 2.22. The second-order valence-corrected chi connectivity index (χ2v) is 4.39. The van der Waals surface area contributed by atoms with Crippen LogP contribution in [0.15, 0.2) is 4.99 Å². The minimum Gasteiger partial charge on any atom is -0.391 e. The molecular formula is C11H20N2O. The van der Waals surface area contributed by atoms with Crippen molar-refractivity contribution in [2.75, 3.05) is 6.54 Å². The smallest absolute Gasteiger partial charge is 0.0966 e. The van der Waals surface area contributed by atoms with E-state index in [0.29, 0.717) is 0 Å². The normalized spacial score (nSPS) is 33.6. The Morgan fingerprint density at radius 1 is 1.14 bits per heavy atom. The fourth-order valence-corrected chi connectivity index (χ4v) is 2.33.